The summed E-state index contributed by atoms with van der Waals surface area (Å²) in [6.07, 6.45) is 4.48. The van der Waals surface area contributed by atoms with Gasteiger partial charge in [0.05, 0.1) is 11.9 Å². The van der Waals surface area contributed by atoms with E-state index in [9.17, 15) is 9.59 Å². The van der Waals surface area contributed by atoms with Crippen LogP contribution in [0.4, 0.5) is 0 Å². The van der Waals surface area contributed by atoms with Gasteiger partial charge in [0.25, 0.3) is 5.91 Å². The number of carbonyl (C=O) groups is 2. The van der Waals surface area contributed by atoms with Gasteiger partial charge in [-0.25, -0.2) is 14.8 Å². The number of aromatic nitrogens is 3. The molecule has 0 aliphatic heterocycles. The number of amides is 1. The maximum atomic E-state index is 12.0. The summed E-state index contributed by atoms with van der Waals surface area (Å²) in [4.78, 5) is 33.5. The Balaban J connectivity index is 2.10. The standard InChI is InChI=1S/C12H11ClN4O3/c13-10-8(2-1-3-15-10)11(18)17-9(12(19)20)4-7-5-14-6-16-7/h1-3,5-6,9H,4H2,(H,14,16)(H,17,18)(H,19,20). The van der Waals surface area contributed by atoms with E-state index < -0.39 is 17.9 Å². The molecule has 2 rings (SSSR count). The third-order valence-electron chi connectivity index (χ3n) is 2.59. The van der Waals surface area contributed by atoms with E-state index in [4.69, 9.17) is 16.7 Å². The molecule has 2 heterocycles. The highest BCUT2D eigenvalue weighted by molar-refractivity contribution is 6.32. The molecule has 1 amide bonds. The fourth-order valence-electron chi connectivity index (χ4n) is 1.61. The number of hydrogen-bond acceptors (Lipinski definition) is 4. The van der Waals surface area contributed by atoms with Crippen molar-refractivity contribution in [3.8, 4) is 0 Å². The molecule has 0 fully saturated rings. The zero-order valence-corrected chi connectivity index (χ0v) is 11.0. The molecule has 1 atom stereocenters. The normalized spacial score (nSPS) is 11.8. The fourth-order valence-corrected chi connectivity index (χ4v) is 1.81. The lowest BCUT2D eigenvalue weighted by atomic mass is 10.1. The molecule has 0 spiro atoms. The number of pyridine rings is 1. The van der Waals surface area contributed by atoms with Crippen molar-refractivity contribution in [1.29, 1.82) is 0 Å². The number of halogens is 1. The Hall–Kier alpha value is -2.41. The average molecular weight is 295 g/mol. The quantitative estimate of drug-likeness (QED) is 0.710. The number of hydrogen-bond donors (Lipinski definition) is 3. The van der Waals surface area contributed by atoms with E-state index in [1.807, 2.05) is 0 Å². The van der Waals surface area contributed by atoms with Gasteiger partial charge < -0.3 is 15.4 Å². The molecule has 0 radical (unpaired) electrons. The molecule has 2 aromatic rings. The summed E-state index contributed by atoms with van der Waals surface area (Å²) in [6, 6.07) is 1.94. The highest BCUT2D eigenvalue weighted by Crippen LogP contribution is 2.11. The van der Waals surface area contributed by atoms with Crippen LogP contribution in [0.15, 0.2) is 30.9 Å². The smallest absolute Gasteiger partial charge is 0.326 e. The number of aliphatic carboxylic acids is 1. The van der Waals surface area contributed by atoms with Crippen LogP contribution in [0.3, 0.4) is 0 Å². The Labute approximate surface area is 119 Å². The van der Waals surface area contributed by atoms with Crippen molar-refractivity contribution in [3.05, 3.63) is 47.3 Å². The fraction of sp³-hybridized carbons (Fsp3) is 0.167. The number of rotatable bonds is 5. The zero-order chi connectivity index (χ0) is 14.5. The predicted molar refractivity (Wildman–Crippen MR) is 70.4 cm³/mol. The van der Waals surface area contributed by atoms with Gasteiger partial charge in [0.1, 0.15) is 11.2 Å². The average Bonchev–Trinajstić information content (AvgIpc) is 2.91. The number of nitrogens with one attached hydrogen (secondary N) is 2. The van der Waals surface area contributed by atoms with Gasteiger partial charge in [-0.15, -0.1) is 0 Å². The summed E-state index contributed by atoms with van der Waals surface area (Å²) in [7, 11) is 0. The number of nitrogens with zero attached hydrogens (tertiary/aromatic N) is 2. The number of H-pyrrole nitrogens is 1. The third kappa shape index (κ3) is 3.33. The van der Waals surface area contributed by atoms with Gasteiger partial charge in [-0.1, -0.05) is 11.6 Å². The zero-order valence-electron chi connectivity index (χ0n) is 10.2. The highest BCUT2D eigenvalue weighted by atomic mass is 35.5. The molecule has 0 aliphatic rings. The van der Waals surface area contributed by atoms with Crippen LogP contribution in [0.2, 0.25) is 5.15 Å². The van der Waals surface area contributed by atoms with Crippen molar-refractivity contribution < 1.29 is 14.7 Å². The van der Waals surface area contributed by atoms with E-state index in [-0.39, 0.29) is 17.1 Å². The van der Waals surface area contributed by atoms with E-state index in [2.05, 4.69) is 20.3 Å². The summed E-state index contributed by atoms with van der Waals surface area (Å²) in [6.45, 7) is 0. The molecule has 104 valence electrons. The summed E-state index contributed by atoms with van der Waals surface area (Å²) < 4.78 is 0. The largest absolute Gasteiger partial charge is 0.480 e. The van der Waals surface area contributed by atoms with Crippen LogP contribution >= 0.6 is 11.6 Å². The molecule has 0 aromatic carbocycles. The molecule has 2 aromatic heterocycles. The van der Waals surface area contributed by atoms with Crippen molar-refractivity contribution in [2.24, 2.45) is 0 Å². The highest BCUT2D eigenvalue weighted by Gasteiger charge is 2.22. The molecule has 7 nitrogen and oxygen atoms in total. The van der Waals surface area contributed by atoms with Crippen LogP contribution in [-0.2, 0) is 11.2 Å². The molecule has 8 heteroatoms. The van der Waals surface area contributed by atoms with Crippen molar-refractivity contribution in [3.63, 3.8) is 0 Å². The number of imidazole rings is 1. The first kappa shape index (κ1) is 14.0. The van der Waals surface area contributed by atoms with Crippen molar-refractivity contribution in [2.75, 3.05) is 0 Å². The predicted octanol–water partition coefficient (Wildman–Crippen LogP) is 0.884. The molecule has 0 saturated carbocycles. The van der Waals surface area contributed by atoms with E-state index in [0.717, 1.165) is 0 Å². The van der Waals surface area contributed by atoms with E-state index in [1.165, 1.54) is 24.8 Å². The second-order valence-electron chi connectivity index (χ2n) is 3.99. The van der Waals surface area contributed by atoms with Gasteiger partial charge in [0, 0.05) is 24.5 Å². The van der Waals surface area contributed by atoms with Crippen LogP contribution in [-0.4, -0.2) is 38.0 Å². The van der Waals surface area contributed by atoms with E-state index >= 15 is 0 Å². The van der Waals surface area contributed by atoms with E-state index in [1.54, 1.807) is 6.07 Å². The Kier molecular flexibility index (Phi) is 4.31. The molecule has 1 unspecified atom stereocenters. The Bertz CT molecular complexity index is 615. The first-order chi connectivity index (χ1) is 9.58. The van der Waals surface area contributed by atoms with Crippen LogP contribution < -0.4 is 5.32 Å². The second-order valence-corrected chi connectivity index (χ2v) is 4.35. The van der Waals surface area contributed by atoms with E-state index in [0.29, 0.717) is 5.69 Å². The third-order valence-corrected chi connectivity index (χ3v) is 2.89. The number of carbonyl (C=O) groups excluding carboxylic acids is 1. The summed E-state index contributed by atoms with van der Waals surface area (Å²) in [5, 5.41) is 11.6. The topological polar surface area (TPSA) is 108 Å². The van der Waals surface area contributed by atoms with Gasteiger partial charge in [0.15, 0.2) is 0 Å². The first-order valence-corrected chi connectivity index (χ1v) is 6.07. The first-order valence-electron chi connectivity index (χ1n) is 5.69. The van der Waals surface area contributed by atoms with Gasteiger partial charge in [-0.3, -0.25) is 4.79 Å². The van der Waals surface area contributed by atoms with Gasteiger partial charge in [-0.05, 0) is 12.1 Å². The number of aromatic amines is 1. The van der Waals surface area contributed by atoms with Crippen molar-refractivity contribution in [2.45, 2.75) is 12.5 Å². The van der Waals surface area contributed by atoms with Crippen LogP contribution in [0.25, 0.3) is 0 Å². The number of carboxylic acid groups (broad SMARTS) is 1. The Morgan fingerprint density at radius 2 is 2.30 bits per heavy atom. The van der Waals surface area contributed by atoms with Gasteiger partial charge in [0.2, 0.25) is 0 Å². The Morgan fingerprint density at radius 3 is 2.90 bits per heavy atom. The van der Waals surface area contributed by atoms with Crippen molar-refractivity contribution in [1.82, 2.24) is 20.3 Å². The maximum Gasteiger partial charge on any atom is 0.326 e. The van der Waals surface area contributed by atoms with Gasteiger partial charge in [-0.2, -0.15) is 0 Å². The molecule has 0 saturated heterocycles. The molecule has 20 heavy (non-hydrogen) atoms. The Morgan fingerprint density at radius 1 is 1.50 bits per heavy atom. The van der Waals surface area contributed by atoms with Gasteiger partial charge >= 0.3 is 5.97 Å². The minimum atomic E-state index is -1.15. The van der Waals surface area contributed by atoms with Crippen LogP contribution in [0, 0.1) is 0 Å². The SMILES string of the molecule is O=C(NC(Cc1cnc[nH]1)C(=O)O)c1cccnc1Cl. The van der Waals surface area contributed by atoms with Crippen molar-refractivity contribution >= 4 is 23.5 Å². The lowest BCUT2D eigenvalue weighted by Gasteiger charge is -2.13. The molecule has 0 bridgehead atoms. The maximum absolute atomic E-state index is 12.0. The molecule has 0 aliphatic carbocycles. The summed E-state index contributed by atoms with van der Waals surface area (Å²) >= 11 is 5.79. The van der Waals surface area contributed by atoms with Crippen LogP contribution in [0.5, 0.6) is 0 Å². The molecular formula is C12H11ClN4O3. The monoisotopic (exact) mass is 294 g/mol. The lowest BCUT2D eigenvalue weighted by molar-refractivity contribution is -0.139. The lowest BCUT2D eigenvalue weighted by Crippen LogP contribution is -2.42. The molecular weight excluding hydrogens is 284 g/mol. The molecule has 3 N–H and O–H groups in total. The minimum Gasteiger partial charge on any atom is -0.480 e. The summed E-state index contributed by atoms with van der Waals surface area (Å²) in [5.74, 6) is -1.73. The second kappa shape index (κ2) is 6.16. The minimum absolute atomic E-state index is 0.0238. The summed E-state index contributed by atoms with van der Waals surface area (Å²) in [5.41, 5.74) is 0.736. The van der Waals surface area contributed by atoms with Crippen LogP contribution in [0.1, 0.15) is 16.1 Å². The number of carboxylic acids is 1.